The average Bonchev–Trinajstić information content (AvgIpc) is 2.76. The van der Waals surface area contributed by atoms with E-state index in [1.807, 2.05) is 24.3 Å². The van der Waals surface area contributed by atoms with Crippen LogP contribution in [0.3, 0.4) is 0 Å². The molecule has 0 bridgehead atoms. The minimum Gasteiger partial charge on any atom is -0.383 e. The summed E-state index contributed by atoms with van der Waals surface area (Å²) in [5.41, 5.74) is 7.61. The molecule has 2 rings (SSSR count). The van der Waals surface area contributed by atoms with Gasteiger partial charge in [-0.15, -0.1) is 11.3 Å². The van der Waals surface area contributed by atoms with Crippen molar-refractivity contribution >= 4 is 28.8 Å². The van der Waals surface area contributed by atoms with Crippen LogP contribution in [0.15, 0.2) is 24.3 Å². The number of benzene rings is 1. The van der Waals surface area contributed by atoms with Crippen LogP contribution in [-0.4, -0.2) is 10.8 Å². The van der Waals surface area contributed by atoms with E-state index in [1.54, 1.807) is 0 Å². The monoisotopic (exact) mass is 307 g/mol. The second-order valence-corrected chi connectivity index (χ2v) is 7.27. The molecule has 0 spiro atoms. The number of hydrogen-bond acceptors (Lipinski definition) is 3. The molecule has 0 atom stereocenters. The Morgan fingerprint density at radius 2 is 1.90 bits per heavy atom. The molecule has 1 heterocycles. The average molecular weight is 308 g/mol. The van der Waals surface area contributed by atoms with Gasteiger partial charge in [0.05, 0.1) is 15.6 Å². The number of aromatic nitrogens is 1. The summed E-state index contributed by atoms with van der Waals surface area (Å²) >= 11 is 7.39. The number of thiazole rings is 1. The quantitative estimate of drug-likeness (QED) is 0.665. The summed E-state index contributed by atoms with van der Waals surface area (Å²) in [6, 6.07) is 7.74. The topological polar surface area (TPSA) is 62.8 Å². The molecule has 0 aliphatic heterocycles. The van der Waals surface area contributed by atoms with Crippen LogP contribution in [0.25, 0.3) is 0 Å². The zero-order valence-corrected chi connectivity index (χ0v) is 13.4. The predicted octanol–water partition coefficient (Wildman–Crippen LogP) is 3.97. The van der Waals surface area contributed by atoms with Crippen LogP contribution in [0.2, 0.25) is 5.02 Å². The van der Waals surface area contributed by atoms with E-state index in [2.05, 4.69) is 25.8 Å². The summed E-state index contributed by atoms with van der Waals surface area (Å²) in [6.07, 6.45) is 0.734. The van der Waals surface area contributed by atoms with Gasteiger partial charge in [0.25, 0.3) is 0 Å². The van der Waals surface area contributed by atoms with E-state index in [4.69, 9.17) is 22.7 Å². The summed E-state index contributed by atoms with van der Waals surface area (Å²) in [7, 11) is 0. The van der Waals surface area contributed by atoms with Crippen LogP contribution in [0, 0.1) is 5.41 Å². The molecule has 0 aliphatic carbocycles. The first-order valence-corrected chi connectivity index (χ1v) is 7.56. The van der Waals surface area contributed by atoms with E-state index in [1.165, 1.54) is 11.3 Å². The van der Waals surface area contributed by atoms with Crippen LogP contribution >= 0.6 is 22.9 Å². The largest absolute Gasteiger partial charge is 0.383 e. The van der Waals surface area contributed by atoms with Gasteiger partial charge in [-0.2, -0.15) is 0 Å². The van der Waals surface area contributed by atoms with Crippen molar-refractivity contribution < 1.29 is 0 Å². The lowest BCUT2D eigenvalue weighted by Crippen LogP contribution is -2.19. The normalized spacial score (nSPS) is 11.6. The number of nitrogens with zero attached hydrogens (tertiary/aromatic N) is 1. The molecular weight excluding hydrogens is 290 g/mol. The number of halogens is 1. The molecule has 0 aliphatic rings. The number of nitrogen functional groups attached to an aromatic ring is 1. The molecule has 2 aromatic rings. The Labute approximate surface area is 128 Å². The Kier molecular flexibility index (Phi) is 4.16. The van der Waals surface area contributed by atoms with E-state index in [9.17, 15) is 0 Å². The summed E-state index contributed by atoms with van der Waals surface area (Å²) in [4.78, 5) is 5.46. The number of rotatable bonds is 3. The van der Waals surface area contributed by atoms with Gasteiger partial charge in [0.15, 0.2) is 0 Å². The lowest BCUT2D eigenvalue weighted by molar-refractivity contribution is 0.570. The number of nitrogens with one attached hydrogen (secondary N) is 1. The molecule has 0 radical (unpaired) electrons. The standard InChI is InChI=1S/C15H18ClN3S/c1-15(2,3)13-12(14(17)18)20-11(19-13)8-9-4-6-10(16)7-5-9/h4-7H,8H2,1-3H3,(H3,17,18). The van der Waals surface area contributed by atoms with E-state index in [-0.39, 0.29) is 11.3 Å². The van der Waals surface area contributed by atoms with Crippen molar-refractivity contribution in [1.29, 1.82) is 5.41 Å². The maximum atomic E-state index is 7.71. The maximum Gasteiger partial charge on any atom is 0.135 e. The zero-order valence-electron chi connectivity index (χ0n) is 11.8. The summed E-state index contributed by atoms with van der Waals surface area (Å²) in [5.74, 6) is 0.0924. The van der Waals surface area contributed by atoms with Crippen LogP contribution in [0.1, 0.15) is 41.9 Å². The van der Waals surface area contributed by atoms with Crippen molar-refractivity contribution in [3.63, 3.8) is 0 Å². The first-order valence-electron chi connectivity index (χ1n) is 6.36. The molecule has 5 heteroatoms. The SMILES string of the molecule is CC(C)(C)c1nc(Cc2ccc(Cl)cc2)sc1C(=N)N. The third kappa shape index (κ3) is 3.38. The summed E-state index contributed by atoms with van der Waals surface area (Å²) in [5, 5.41) is 9.41. The molecule has 0 unspecified atom stereocenters. The molecule has 3 N–H and O–H groups in total. The van der Waals surface area contributed by atoms with Crippen molar-refractivity contribution in [2.75, 3.05) is 0 Å². The van der Waals surface area contributed by atoms with Crippen LogP contribution in [0.4, 0.5) is 0 Å². The van der Waals surface area contributed by atoms with E-state index >= 15 is 0 Å². The van der Waals surface area contributed by atoms with Gasteiger partial charge < -0.3 is 5.73 Å². The Hall–Kier alpha value is -1.39. The molecule has 3 nitrogen and oxygen atoms in total. The van der Waals surface area contributed by atoms with E-state index in [0.29, 0.717) is 0 Å². The molecule has 0 fully saturated rings. The second-order valence-electron chi connectivity index (χ2n) is 5.75. The van der Waals surface area contributed by atoms with Crippen LogP contribution in [-0.2, 0) is 11.8 Å². The van der Waals surface area contributed by atoms with E-state index in [0.717, 1.165) is 32.6 Å². The first-order chi connectivity index (χ1) is 9.27. The number of hydrogen-bond donors (Lipinski definition) is 2. The smallest absolute Gasteiger partial charge is 0.135 e. The summed E-state index contributed by atoms with van der Waals surface area (Å²) in [6.45, 7) is 6.25. The highest BCUT2D eigenvalue weighted by molar-refractivity contribution is 7.13. The molecule has 0 saturated heterocycles. The Morgan fingerprint density at radius 1 is 1.30 bits per heavy atom. The zero-order chi connectivity index (χ0) is 14.9. The van der Waals surface area contributed by atoms with Gasteiger partial charge in [0.2, 0.25) is 0 Å². The van der Waals surface area contributed by atoms with Crippen molar-refractivity contribution in [3.05, 3.63) is 50.4 Å². The highest BCUT2D eigenvalue weighted by Crippen LogP contribution is 2.30. The molecule has 1 aromatic heterocycles. The summed E-state index contributed by atoms with van der Waals surface area (Å²) < 4.78 is 0. The predicted molar refractivity (Wildman–Crippen MR) is 86.1 cm³/mol. The van der Waals surface area contributed by atoms with Gasteiger partial charge in [-0.25, -0.2) is 4.98 Å². The molecule has 106 valence electrons. The van der Waals surface area contributed by atoms with Crippen LogP contribution < -0.4 is 5.73 Å². The third-order valence-corrected chi connectivity index (χ3v) is 4.24. The van der Waals surface area contributed by atoms with Gasteiger partial charge in [0.1, 0.15) is 5.84 Å². The fourth-order valence-electron chi connectivity index (χ4n) is 1.91. The first kappa shape index (κ1) is 15.0. The van der Waals surface area contributed by atoms with Crippen LogP contribution in [0.5, 0.6) is 0 Å². The second kappa shape index (κ2) is 5.54. The highest BCUT2D eigenvalue weighted by atomic mass is 35.5. The van der Waals surface area contributed by atoms with Gasteiger partial charge in [0, 0.05) is 16.9 Å². The van der Waals surface area contributed by atoms with Gasteiger partial charge in [-0.05, 0) is 17.7 Å². The Morgan fingerprint density at radius 3 is 2.35 bits per heavy atom. The van der Waals surface area contributed by atoms with Crippen molar-refractivity contribution in [1.82, 2.24) is 4.98 Å². The van der Waals surface area contributed by atoms with Gasteiger partial charge in [-0.3, -0.25) is 5.41 Å². The lowest BCUT2D eigenvalue weighted by atomic mass is 9.91. The van der Waals surface area contributed by atoms with Crippen molar-refractivity contribution in [3.8, 4) is 0 Å². The molecule has 0 amide bonds. The fraction of sp³-hybridized carbons (Fsp3) is 0.333. The van der Waals surface area contributed by atoms with Gasteiger partial charge in [-0.1, -0.05) is 44.5 Å². The minimum absolute atomic E-state index is 0.0924. The lowest BCUT2D eigenvalue weighted by Gasteiger charge is -2.16. The fourth-order valence-corrected chi connectivity index (χ4v) is 3.20. The maximum absolute atomic E-state index is 7.71. The molecular formula is C15H18ClN3S. The Balaban J connectivity index is 2.34. The number of amidine groups is 1. The van der Waals surface area contributed by atoms with Gasteiger partial charge >= 0.3 is 0 Å². The minimum atomic E-state index is -0.115. The highest BCUT2D eigenvalue weighted by Gasteiger charge is 2.24. The van der Waals surface area contributed by atoms with Crippen molar-refractivity contribution in [2.45, 2.75) is 32.6 Å². The third-order valence-electron chi connectivity index (χ3n) is 2.90. The molecule has 0 saturated carbocycles. The molecule has 20 heavy (non-hydrogen) atoms. The van der Waals surface area contributed by atoms with Crippen molar-refractivity contribution in [2.24, 2.45) is 5.73 Å². The molecule has 1 aromatic carbocycles. The Bertz CT molecular complexity index is 624. The number of nitrogens with two attached hydrogens (primary N) is 1. The van der Waals surface area contributed by atoms with E-state index < -0.39 is 0 Å².